The molecule has 0 unspecified atom stereocenters. The third-order valence-corrected chi connectivity index (χ3v) is 5.14. The third-order valence-electron chi connectivity index (χ3n) is 4.47. The van der Waals surface area contributed by atoms with Gasteiger partial charge in [-0.15, -0.1) is 0 Å². The van der Waals surface area contributed by atoms with Gasteiger partial charge in [0, 0.05) is 22.2 Å². The molecule has 0 aliphatic carbocycles. The van der Waals surface area contributed by atoms with Gasteiger partial charge in [0.1, 0.15) is 5.82 Å². The highest BCUT2D eigenvalue weighted by Gasteiger charge is 2.25. The lowest BCUT2D eigenvalue weighted by Gasteiger charge is -2.25. The van der Waals surface area contributed by atoms with Crippen molar-refractivity contribution in [3.63, 3.8) is 0 Å². The van der Waals surface area contributed by atoms with Gasteiger partial charge in [-0.05, 0) is 59.5 Å². The van der Waals surface area contributed by atoms with Crippen molar-refractivity contribution in [2.75, 3.05) is 17.2 Å². The number of benzene rings is 1. The number of nitrogens with two attached hydrogens (primary N) is 1. The average molecular weight is 498 g/mol. The van der Waals surface area contributed by atoms with Crippen molar-refractivity contribution >= 4 is 40.0 Å². The minimum Gasteiger partial charge on any atom is -0.383 e. The van der Waals surface area contributed by atoms with E-state index in [1.807, 2.05) is 26.8 Å². The van der Waals surface area contributed by atoms with Gasteiger partial charge in [0.15, 0.2) is 5.69 Å². The van der Waals surface area contributed by atoms with Crippen molar-refractivity contribution < 1.29 is 4.79 Å². The summed E-state index contributed by atoms with van der Waals surface area (Å²) in [5, 5.41) is 0. The van der Waals surface area contributed by atoms with Crippen LogP contribution in [0.3, 0.4) is 0 Å². The molecule has 1 aromatic heterocycles. The predicted molar refractivity (Wildman–Crippen MR) is 121 cm³/mol. The number of hydrogen-bond donors (Lipinski definition) is 2. The second-order valence-corrected chi connectivity index (χ2v) is 8.39. The van der Waals surface area contributed by atoms with Crippen LogP contribution in [0.5, 0.6) is 0 Å². The molecule has 0 spiro atoms. The summed E-state index contributed by atoms with van der Waals surface area (Å²) in [4.78, 5) is 41.8. The summed E-state index contributed by atoms with van der Waals surface area (Å²) < 4.78 is 2.26. The zero-order valence-electron chi connectivity index (χ0n) is 16.5. The first-order chi connectivity index (χ1) is 13.3. The number of nitrogen functional groups attached to an aromatic ring is 1. The van der Waals surface area contributed by atoms with E-state index in [1.54, 1.807) is 18.2 Å². The van der Waals surface area contributed by atoms with Gasteiger partial charge in [-0.2, -0.15) is 0 Å². The van der Waals surface area contributed by atoms with E-state index in [9.17, 15) is 14.4 Å². The molecule has 1 amide bonds. The molecule has 28 heavy (non-hydrogen) atoms. The highest BCUT2D eigenvalue weighted by Crippen LogP contribution is 2.22. The van der Waals surface area contributed by atoms with Crippen LogP contribution in [0.15, 0.2) is 33.9 Å². The molecule has 3 N–H and O–H groups in total. The monoisotopic (exact) mass is 498 g/mol. The van der Waals surface area contributed by atoms with E-state index < -0.39 is 11.2 Å². The SMILES string of the molecule is CCCCn1c(N)c(N(CCC(C)C)C(=O)c2cccc(I)c2)c(=O)[nH]c1=O. The Labute approximate surface area is 178 Å². The molecule has 0 aliphatic rings. The standard InChI is InChI=1S/C20H27IN4O3/c1-4-5-10-25-17(22)16(18(26)23-20(25)28)24(11-9-13(2)3)19(27)14-7-6-8-15(21)12-14/h6-8,12-13H,4-5,9-11,22H2,1-3H3,(H,23,26,28). The zero-order valence-corrected chi connectivity index (χ0v) is 18.7. The van der Waals surface area contributed by atoms with Crippen molar-refractivity contribution in [1.82, 2.24) is 9.55 Å². The molecular formula is C20H27IN4O3. The van der Waals surface area contributed by atoms with Gasteiger partial charge in [-0.25, -0.2) is 4.79 Å². The van der Waals surface area contributed by atoms with Gasteiger partial charge in [0.25, 0.3) is 11.5 Å². The van der Waals surface area contributed by atoms with E-state index >= 15 is 0 Å². The normalized spacial score (nSPS) is 11.0. The topological polar surface area (TPSA) is 101 Å². The van der Waals surface area contributed by atoms with Crippen LogP contribution in [-0.4, -0.2) is 22.0 Å². The molecule has 1 heterocycles. The second-order valence-electron chi connectivity index (χ2n) is 7.15. The van der Waals surface area contributed by atoms with Gasteiger partial charge in [-0.3, -0.25) is 19.1 Å². The number of aromatic amines is 1. The maximum Gasteiger partial charge on any atom is 0.330 e. The molecule has 2 rings (SSSR count). The first-order valence-corrected chi connectivity index (χ1v) is 10.5. The number of halogens is 1. The number of rotatable bonds is 8. The number of unbranched alkanes of at least 4 members (excludes halogenated alkanes) is 1. The Morgan fingerprint density at radius 1 is 1.32 bits per heavy atom. The molecule has 0 saturated heterocycles. The number of carbonyl (C=O) groups is 1. The van der Waals surface area contributed by atoms with E-state index in [-0.39, 0.29) is 17.4 Å². The summed E-state index contributed by atoms with van der Waals surface area (Å²) in [7, 11) is 0. The molecule has 0 radical (unpaired) electrons. The molecule has 7 nitrogen and oxygen atoms in total. The largest absolute Gasteiger partial charge is 0.383 e. The number of aromatic nitrogens is 2. The molecule has 0 aliphatic heterocycles. The Bertz CT molecular complexity index is 949. The molecule has 2 aromatic rings. The molecule has 1 aromatic carbocycles. The maximum absolute atomic E-state index is 13.3. The van der Waals surface area contributed by atoms with Crippen LogP contribution >= 0.6 is 22.6 Å². The van der Waals surface area contributed by atoms with Crippen molar-refractivity contribution in [3.8, 4) is 0 Å². The third kappa shape index (κ3) is 5.24. The lowest BCUT2D eigenvalue weighted by Crippen LogP contribution is -2.42. The van der Waals surface area contributed by atoms with Gasteiger partial charge in [-0.1, -0.05) is 33.3 Å². The number of hydrogen-bond acceptors (Lipinski definition) is 4. The highest BCUT2D eigenvalue weighted by atomic mass is 127. The van der Waals surface area contributed by atoms with Crippen LogP contribution in [0.1, 0.15) is 50.4 Å². The summed E-state index contributed by atoms with van der Waals surface area (Å²) in [5.74, 6) is 0.0551. The first kappa shape index (κ1) is 22.2. The minimum absolute atomic E-state index is 0.0323. The van der Waals surface area contributed by atoms with Crippen LogP contribution in [0.2, 0.25) is 0 Å². The molecular weight excluding hydrogens is 471 g/mol. The van der Waals surface area contributed by atoms with Crippen molar-refractivity contribution in [3.05, 3.63) is 54.2 Å². The molecule has 0 atom stereocenters. The number of amides is 1. The number of H-pyrrole nitrogens is 1. The van der Waals surface area contributed by atoms with Crippen LogP contribution < -0.4 is 21.9 Å². The summed E-state index contributed by atoms with van der Waals surface area (Å²) in [5.41, 5.74) is 5.55. The Kier molecular flexibility index (Phi) is 7.85. The van der Waals surface area contributed by atoms with Crippen LogP contribution in [0.4, 0.5) is 11.5 Å². The van der Waals surface area contributed by atoms with Gasteiger partial charge in [0.2, 0.25) is 0 Å². The summed E-state index contributed by atoms with van der Waals surface area (Å²) in [6.07, 6.45) is 2.31. The fourth-order valence-electron chi connectivity index (χ4n) is 2.86. The number of nitrogens with zero attached hydrogens (tertiary/aromatic N) is 2. The minimum atomic E-state index is -0.641. The summed E-state index contributed by atoms with van der Waals surface area (Å²) in [6.45, 7) is 6.82. The first-order valence-electron chi connectivity index (χ1n) is 9.46. The van der Waals surface area contributed by atoms with E-state index in [1.165, 1.54) is 9.47 Å². The van der Waals surface area contributed by atoms with Gasteiger partial charge < -0.3 is 10.6 Å². The van der Waals surface area contributed by atoms with Crippen LogP contribution in [0, 0.1) is 9.49 Å². The number of nitrogens with one attached hydrogen (secondary N) is 1. The fourth-order valence-corrected chi connectivity index (χ4v) is 3.40. The molecule has 0 fully saturated rings. The van der Waals surface area contributed by atoms with E-state index in [0.29, 0.717) is 31.0 Å². The number of anilines is 2. The predicted octanol–water partition coefficient (Wildman–Crippen LogP) is 3.22. The van der Waals surface area contributed by atoms with Crippen LogP contribution in [0.25, 0.3) is 0 Å². The quantitative estimate of drug-likeness (QED) is 0.546. The van der Waals surface area contributed by atoms with Crippen LogP contribution in [-0.2, 0) is 6.54 Å². The Hall–Kier alpha value is -2.10. The van der Waals surface area contributed by atoms with Gasteiger partial charge in [0.05, 0.1) is 0 Å². The van der Waals surface area contributed by atoms with Crippen molar-refractivity contribution in [2.24, 2.45) is 5.92 Å². The molecule has 0 bridgehead atoms. The molecule has 0 saturated carbocycles. The van der Waals surface area contributed by atoms with E-state index in [0.717, 1.165) is 16.4 Å². The molecule has 152 valence electrons. The fraction of sp³-hybridized carbons (Fsp3) is 0.450. The maximum atomic E-state index is 13.3. The highest BCUT2D eigenvalue weighted by molar-refractivity contribution is 14.1. The summed E-state index contributed by atoms with van der Waals surface area (Å²) in [6, 6.07) is 7.17. The van der Waals surface area contributed by atoms with Crippen molar-refractivity contribution in [2.45, 2.75) is 46.6 Å². The summed E-state index contributed by atoms with van der Waals surface area (Å²) >= 11 is 2.14. The Morgan fingerprint density at radius 3 is 2.64 bits per heavy atom. The Morgan fingerprint density at radius 2 is 2.04 bits per heavy atom. The van der Waals surface area contributed by atoms with E-state index in [4.69, 9.17) is 5.73 Å². The molecule has 8 heteroatoms. The Balaban J connectivity index is 2.58. The number of carbonyl (C=O) groups excluding carboxylic acids is 1. The smallest absolute Gasteiger partial charge is 0.330 e. The average Bonchev–Trinajstić information content (AvgIpc) is 2.63. The lowest BCUT2D eigenvalue weighted by molar-refractivity contribution is 0.0985. The second kappa shape index (κ2) is 9.90. The van der Waals surface area contributed by atoms with E-state index in [2.05, 4.69) is 27.6 Å². The zero-order chi connectivity index (χ0) is 20.8. The van der Waals surface area contributed by atoms with Crippen molar-refractivity contribution in [1.29, 1.82) is 0 Å². The lowest BCUT2D eigenvalue weighted by atomic mass is 10.1. The van der Waals surface area contributed by atoms with Gasteiger partial charge >= 0.3 is 5.69 Å².